The molecule has 2 nitrogen and oxygen atoms in total. The van der Waals surface area contributed by atoms with Gasteiger partial charge in [0.15, 0.2) is 0 Å². The van der Waals surface area contributed by atoms with Gasteiger partial charge in [-0.3, -0.25) is 5.32 Å². The highest BCUT2D eigenvalue weighted by molar-refractivity contribution is 5.09. The third-order valence-corrected chi connectivity index (χ3v) is 2.64. The number of nitrogens with one attached hydrogen (secondary N) is 1. The number of aliphatic hydroxyl groups excluding tert-OH is 1. The highest BCUT2D eigenvalue weighted by Crippen LogP contribution is 2.20. The smallest absolute Gasteiger partial charge is 0.0744 e. The van der Waals surface area contributed by atoms with Crippen molar-refractivity contribution in [3.05, 3.63) is 0 Å². The Morgan fingerprint density at radius 2 is 2.00 bits per heavy atom. The number of aliphatic hydroxyl groups is 1. The van der Waals surface area contributed by atoms with E-state index < -0.39 is 0 Å². The van der Waals surface area contributed by atoms with Gasteiger partial charge in [0.2, 0.25) is 0 Å². The zero-order valence-corrected chi connectivity index (χ0v) is 8.51. The molecule has 0 aromatic heterocycles. The van der Waals surface area contributed by atoms with Crippen LogP contribution in [0.4, 0.5) is 0 Å². The molecule has 0 amide bonds. The molecule has 1 rings (SSSR count). The lowest BCUT2D eigenvalue weighted by molar-refractivity contribution is 0.0820. The maximum atomic E-state index is 9.70. The van der Waals surface area contributed by atoms with Crippen LogP contribution in [0.1, 0.15) is 39.5 Å². The van der Waals surface area contributed by atoms with Crippen molar-refractivity contribution < 1.29 is 5.11 Å². The molecule has 0 radical (unpaired) electrons. The Bertz CT molecular complexity index is 205. The van der Waals surface area contributed by atoms with E-state index in [4.69, 9.17) is 6.42 Å². The van der Waals surface area contributed by atoms with Crippen LogP contribution in [-0.4, -0.2) is 22.8 Å². The molecule has 2 atom stereocenters. The van der Waals surface area contributed by atoms with Gasteiger partial charge in [-0.1, -0.05) is 18.8 Å². The van der Waals surface area contributed by atoms with E-state index in [0.29, 0.717) is 0 Å². The number of terminal acetylenes is 1. The van der Waals surface area contributed by atoms with Gasteiger partial charge in [0, 0.05) is 6.04 Å². The van der Waals surface area contributed by atoms with Gasteiger partial charge >= 0.3 is 0 Å². The molecule has 13 heavy (non-hydrogen) atoms. The van der Waals surface area contributed by atoms with E-state index in [2.05, 4.69) is 11.2 Å². The second-order valence-corrected chi connectivity index (χ2v) is 4.37. The van der Waals surface area contributed by atoms with Crippen LogP contribution in [0.15, 0.2) is 0 Å². The predicted octanol–water partition coefficient (Wildman–Crippen LogP) is 1.29. The monoisotopic (exact) mass is 181 g/mol. The van der Waals surface area contributed by atoms with Crippen LogP contribution in [0.3, 0.4) is 0 Å². The molecule has 74 valence electrons. The van der Waals surface area contributed by atoms with Crippen LogP contribution in [-0.2, 0) is 0 Å². The van der Waals surface area contributed by atoms with Crippen molar-refractivity contribution in [3.63, 3.8) is 0 Å². The van der Waals surface area contributed by atoms with Crippen molar-refractivity contribution >= 4 is 0 Å². The van der Waals surface area contributed by atoms with Gasteiger partial charge in [-0.05, 0) is 26.7 Å². The minimum absolute atomic E-state index is 0.180. The van der Waals surface area contributed by atoms with Gasteiger partial charge in [0.05, 0.1) is 11.6 Å². The Hall–Kier alpha value is -0.520. The summed E-state index contributed by atoms with van der Waals surface area (Å²) >= 11 is 0. The zero-order chi connectivity index (χ0) is 9.90. The van der Waals surface area contributed by atoms with Crippen LogP contribution in [0, 0.1) is 12.3 Å². The first-order valence-electron chi connectivity index (χ1n) is 4.99. The molecule has 1 saturated carbocycles. The summed E-state index contributed by atoms with van der Waals surface area (Å²) in [5, 5.41) is 13.0. The topological polar surface area (TPSA) is 32.3 Å². The van der Waals surface area contributed by atoms with Gasteiger partial charge in [-0.15, -0.1) is 6.42 Å². The first-order chi connectivity index (χ1) is 6.05. The van der Waals surface area contributed by atoms with Gasteiger partial charge in [0.1, 0.15) is 0 Å². The molecule has 1 aliphatic carbocycles. The first kappa shape index (κ1) is 10.6. The Kier molecular flexibility index (Phi) is 3.35. The van der Waals surface area contributed by atoms with Crippen LogP contribution in [0.25, 0.3) is 0 Å². The average Bonchev–Trinajstić information content (AvgIpc) is 2.09. The van der Waals surface area contributed by atoms with E-state index in [1.165, 1.54) is 6.42 Å². The van der Waals surface area contributed by atoms with E-state index in [-0.39, 0.29) is 17.7 Å². The van der Waals surface area contributed by atoms with E-state index in [1.54, 1.807) is 0 Å². The summed E-state index contributed by atoms with van der Waals surface area (Å²) in [5.74, 6) is 2.69. The van der Waals surface area contributed by atoms with Crippen LogP contribution in [0.2, 0.25) is 0 Å². The molecule has 0 aromatic rings. The summed E-state index contributed by atoms with van der Waals surface area (Å²) in [6.45, 7) is 3.93. The summed E-state index contributed by atoms with van der Waals surface area (Å²) in [6.07, 6.45) is 9.41. The normalized spacial score (nSPS) is 29.7. The molecule has 2 N–H and O–H groups in total. The largest absolute Gasteiger partial charge is 0.392 e. The molecule has 0 bridgehead atoms. The summed E-state index contributed by atoms with van der Waals surface area (Å²) in [6, 6.07) is 0.180. The minimum atomic E-state index is -0.303. The summed E-state index contributed by atoms with van der Waals surface area (Å²) in [5.41, 5.74) is -0.303. The maximum absolute atomic E-state index is 9.70. The fourth-order valence-electron chi connectivity index (χ4n) is 1.78. The van der Waals surface area contributed by atoms with Crippen molar-refractivity contribution in [2.75, 3.05) is 0 Å². The number of hydrogen-bond donors (Lipinski definition) is 2. The fraction of sp³-hybridized carbons (Fsp3) is 0.818. The molecule has 2 heteroatoms. The zero-order valence-electron chi connectivity index (χ0n) is 8.51. The molecule has 0 aromatic carbocycles. The quantitative estimate of drug-likeness (QED) is 0.629. The molecule has 1 aliphatic rings. The Labute approximate surface area is 80.7 Å². The highest BCUT2D eigenvalue weighted by atomic mass is 16.3. The molecule has 0 saturated heterocycles. The summed E-state index contributed by atoms with van der Waals surface area (Å²) < 4.78 is 0. The number of rotatable bonds is 2. The SMILES string of the molecule is C#CC(C)(C)N[C@@H]1CCCC[C@H]1O. The van der Waals surface area contributed by atoms with Crippen molar-refractivity contribution in [3.8, 4) is 12.3 Å². The lowest BCUT2D eigenvalue weighted by Crippen LogP contribution is -2.51. The molecule has 1 fully saturated rings. The predicted molar refractivity (Wildman–Crippen MR) is 54.3 cm³/mol. The summed E-state index contributed by atoms with van der Waals surface area (Å²) in [7, 11) is 0. The lowest BCUT2D eigenvalue weighted by atomic mass is 9.90. The molecule has 0 aliphatic heterocycles. The average molecular weight is 181 g/mol. The Morgan fingerprint density at radius 3 is 2.54 bits per heavy atom. The van der Waals surface area contributed by atoms with Crippen molar-refractivity contribution in [1.82, 2.24) is 5.32 Å². The molecule has 0 spiro atoms. The van der Waals surface area contributed by atoms with Gasteiger partial charge in [0.25, 0.3) is 0 Å². The van der Waals surface area contributed by atoms with Gasteiger partial charge in [-0.25, -0.2) is 0 Å². The Balaban J connectivity index is 2.48. The van der Waals surface area contributed by atoms with E-state index in [9.17, 15) is 5.11 Å². The summed E-state index contributed by atoms with van der Waals surface area (Å²) in [4.78, 5) is 0. The first-order valence-corrected chi connectivity index (χ1v) is 4.99. The van der Waals surface area contributed by atoms with Gasteiger partial charge in [-0.2, -0.15) is 0 Å². The van der Waals surface area contributed by atoms with Gasteiger partial charge < -0.3 is 5.11 Å². The van der Waals surface area contributed by atoms with E-state index in [1.807, 2.05) is 13.8 Å². The Morgan fingerprint density at radius 1 is 1.38 bits per heavy atom. The second-order valence-electron chi connectivity index (χ2n) is 4.37. The molecular weight excluding hydrogens is 162 g/mol. The number of hydrogen-bond acceptors (Lipinski definition) is 2. The van der Waals surface area contributed by atoms with Crippen molar-refractivity contribution in [2.24, 2.45) is 0 Å². The maximum Gasteiger partial charge on any atom is 0.0744 e. The van der Waals surface area contributed by atoms with Crippen molar-refractivity contribution in [1.29, 1.82) is 0 Å². The van der Waals surface area contributed by atoms with Crippen LogP contribution in [0.5, 0.6) is 0 Å². The van der Waals surface area contributed by atoms with E-state index in [0.717, 1.165) is 19.3 Å². The molecule has 0 heterocycles. The fourth-order valence-corrected chi connectivity index (χ4v) is 1.78. The minimum Gasteiger partial charge on any atom is -0.392 e. The standard InChI is InChI=1S/C11H19NO/c1-4-11(2,3)12-9-7-5-6-8-10(9)13/h1,9-10,12-13H,5-8H2,2-3H3/t9-,10-/m1/s1. The van der Waals surface area contributed by atoms with Crippen LogP contribution >= 0.6 is 0 Å². The lowest BCUT2D eigenvalue weighted by Gasteiger charge is -2.33. The molecule has 0 unspecified atom stereocenters. The van der Waals surface area contributed by atoms with Crippen LogP contribution < -0.4 is 5.32 Å². The third kappa shape index (κ3) is 3.02. The molecular formula is C11H19NO. The third-order valence-electron chi connectivity index (χ3n) is 2.64. The van der Waals surface area contributed by atoms with E-state index >= 15 is 0 Å². The van der Waals surface area contributed by atoms with Crippen molar-refractivity contribution in [2.45, 2.75) is 57.2 Å². The highest BCUT2D eigenvalue weighted by Gasteiger charge is 2.27. The second kappa shape index (κ2) is 4.13.